The molecule has 8 atom stereocenters. The summed E-state index contributed by atoms with van der Waals surface area (Å²) in [4.78, 5) is 14.7. The smallest absolute Gasteiger partial charge is 0.159 e. The van der Waals surface area contributed by atoms with Crippen molar-refractivity contribution in [2.75, 3.05) is 13.7 Å². The van der Waals surface area contributed by atoms with Crippen LogP contribution < -0.4 is 0 Å². The van der Waals surface area contributed by atoms with Crippen molar-refractivity contribution in [3.63, 3.8) is 0 Å². The molecule has 4 aliphatic rings. The zero-order valence-corrected chi connectivity index (χ0v) is 19.4. The molecule has 0 radical (unpaired) electrons. The monoisotopic (exact) mass is 429 g/mol. The number of methoxy groups -OCH3 is 1. The molecular formula is C25H39N3O3. The lowest BCUT2D eigenvalue weighted by Crippen LogP contribution is -2.56. The topological polar surface area (TPSA) is 77.2 Å². The van der Waals surface area contributed by atoms with E-state index in [4.69, 9.17) is 4.74 Å². The second kappa shape index (κ2) is 7.65. The molecule has 0 amide bonds. The van der Waals surface area contributed by atoms with E-state index < -0.39 is 5.60 Å². The van der Waals surface area contributed by atoms with Crippen LogP contribution >= 0.6 is 0 Å². The zero-order chi connectivity index (χ0) is 21.9. The molecule has 4 fully saturated rings. The third-order valence-corrected chi connectivity index (χ3v) is 10.2. The Morgan fingerprint density at radius 3 is 2.48 bits per heavy atom. The van der Waals surface area contributed by atoms with Crippen molar-refractivity contribution >= 4 is 5.78 Å². The first kappa shape index (κ1) is 21.6. The second-order valence-electron chi connectivity index (χ2n) is 11.8. The van der Waals surface area contributed by atoms with Gasteiger partial charge in [0.1, 0.15) is 6.54 Å². The van der Waals surface area contributed by atoms with Gasteiger partial charge in [0, 0.05) is 13.0 Å². The molecule has 0 unspecified atom stereocenters. The molecule has 1 heterocycles. The van der Waals surface area contributed by atoms with Crippen LogP contribution in [0.2, 0.25) is 0 Å². The summed E-state index contributed by atoms with van der Waals surface area (Å²) in [6.45, 7) is 5.61. The van der Waals surface area contributed by atoms with Crippen molar-refractivity contribution in [3.8, 4) is 0 Å². The predicted molar refractivity (Wildman–Crippen MR) is 117 cm³/mol. The molecule has 0 saturated heterocycles. The lowest BCUT2D eigenvalue weighted by Gasteiger charge is -2.61. The summed E-state index contributed by atoms with van der Waals surface area (Å²) in [6.07, 6.45) is 13.2. The van der Waals surface area contributed by atoms with Gasteiger partial charge in [0.2, 0.25) is 0 Å². The first-order valence-electron chi connectivity index (χ1n) is 12.4. The Kier molecular flexibility index (Phi) is 5.32. The molecule has 5 rings (SSSR count). The third kappa shape index (κ3) is 3.49. The molecule has 0 spiro atoms. The standard InChI is InChI=1S/C25H39N3O3/c1-23-9-6-18-17(19(23)8-11-25(30,15-23)16-31-3)7-10-24(2)20(18)4-5-21(24)22(29)14-28-26-12-13-27-28/h12-13,17-21,30H,4-11,14-16H2,1-3H3/t17-,18+,19+,20-,21+,23-,24-,25-/m0/s1. The molecule has 0 bridgehead atoms. The maximum Gasteiger partial charge on any atom is 0.159 e. The van der Waals surface area contributed by atoms with E-state index in [9.17, 15) is 9.90 Å². The minimum absolute atomic E-state index is 0.130. The average molecular weight is 430 g/mol. The fourth-order valence-corrected chi connectivity index (χ4v) is 8.97. The van der Waals surface area contributed by atoms with Crippen molar-refractivity contribution in [2.45, 2.75) is 83.8 Å². The summed E-state index contributed by atoms with van der Waals surface area (Å²) < 4.78 is 5.36. The fraction of sp³-hybridized carbons (Fsp3) is 0.880. The van der Waals surface area contributed by atoms with Crippen LogP contribution in [0.3, 0.4) is 0 Å². The first-order valence-corrected chi connectivity index (χ1v) is 12.4. The number of nitrogens with zero attached hydrogens (tertiary/aromatic N) is 3. The minimum atomic E-state index is -0.651. The summed E-state index contributed by atoms with van der Waals surface area (Å²) in [7, 11) is 1.70. The largest absolute Gasteiger partial charge is 0.387 e. The van der Waals surface area contributed by atoms with Gasteiger partial charge < -0.3 is 9.84 Å². The fourth-order valence-electron chi connectivity index (χ4n) is 8.97. The van der Waals surface area contributed by atoms with Gasteiger partial charge in [-0.25, -0.2) is 0 Å². The van der Waals surface area contributed by atoms with E-state index in [1.807, 2.05) is 0 Å². The van der Waals surface area contributed by atoms with Crippen molar-refractivity contribution in [1.29, 1.82) is 0 Å². The molecule has 1 aromatic rings. The Bertz CT molecular complexity index is 813. The number of Topliss-reactive ketones (excluding diaryl/α,β-unsaturated/α-hetero) is 1. The van der Waals surface area contributed by atoms with E-state index in [2.05, 4.69) is 24.0 Å². The van der Waals surface area contributed by atoms with Gasteiger partial charge in [-0.05, 0) is 92.3 Å². The SMILES string of the molecule is COC[C@]1(O)CC[C@@H]2[C@H]3CC[C@]4(C)[C@@H](C(=O)Cn5nccn5)CC[C@H]4[C@@H]3CC[C@@]2(C)C1. The quantitative estimate of drug-likeness (QED) is 0.768. The lowest BCUT2D eigenvalue weighted by molar-refractivity contribution is -0.160. The molecule has 172 valence electrons. The van der Waals surface area contributed by atoms with Crippen LogP contribution in [0.25, 0.3) is 0 Å². The molecule has 4 aliphatic carbocycles. The van der Waals surface area contributed by atoms with Crippen LogP contribution in [-0.2, 0) is 16.1 Å². The van der Waals surface area contributed by atoms with Crippen molar-refractivity contribution in [1.82, 2.24) is 15.0 Å². The number of ether oxygens (including phenoxy) is 1. The molecular weight excluding hydrogens is 390 g/mol. The molecule has 1 N–H and O–H groups in total. The van der Waals surface area contributed by atoms with Crippen molar-refractivity contribution in [2.24, 2.45) is 40.4 Å². The average Bonchev–Trinajstić information content (AvgIpc) is 3.34. The van der Waals surface area contributed by atoms with Crippen LogP contribution in [0, 0.1) is 40.4 Å². The van der Waals surface area contributed by atoms with E-state index in [0.29, 0.717) is 30.8 Å². The van der Waals surface area contributed by atoms with Gasteiger partial charge in [0.05, 0.1) is 24.6 Å². The Morgan fingerprint density at radius 1 is 1.03 bits per heavy atom. The van der Waals surface area contributed by atoms with Crippen molar-refractivity contribution < 1.29 is 14.6 Å². The van der Waals surface area contributed by atoms with Crippen LogP contribution in [-0.4, -0.2) is 45.2 Å². The maximum absolute atomic E-state index is 13.2. The third-order valence-electron chi connectivity index (χ3n) is 10.2. The predicted octanol–water partition coefficient (Wildman–Crippen LogP) is 3.88. The van der Waals surface area contributed by atoms with Gasteiger partial charge in [-0.2, -0.15) is 15.0 Å². The Balaban J connectivity index is 1.32. The van der Waals surface area contributed by atoms with E-state index in [0.717, 1.165) is 43.9 Å². The van der Waals surface area contributed by atoms with Gasteiger partial charge in [-0.1, -0.05) is 13.8 Å². The molecule has 6 heteroatoms. The van der Waals surface area contributed by atoms with Gasteiger partial charge in [-0.3, -0.25) is 4.79 Å². The number of hydrogen-bond acceptors (Lipinski definition) is 5. The van der Waals surface area contributed by atoms with Crippen LogP contribution in [0.1, 0.15) is 71.6 Å². The normalized spacial score (nSPS) is 46.8. The van der Waals surface area contributed by atoms with Crippen molar-refractivity contribution in [3.05, 3.63) is 12.4 Å². The highest BCUT2D eigenvalue weighted by Crippen LogP contribution is 2.67. The van der Waals surface area contributed by atoms with Gasteiger partial charge in [-0.15, -0.1) is 0 Å². The van der Waals surface area contributed by atoms with E-state index in [1.165, 1.54) is 25.7 Å². The highest BCUT2D eigenvalue weighted by Gasteiger charge is 2.61. The van der Waals surface area contributed by atoms with Crippen LogP contribution in [0.5, 0.6) is 0 Å². The molecule has 0 aromatic carbocycles. The minimum Gasteiger partial charge on any atom is -0.387 e. The Morgan fingerprint density at radius 2 is 1.74 bits per heavy atom. The number of carbonyl (C=O) groups excluding carboxylic acids is 1. The first-order chi connectivity index (χ1) is 14.8. The number of carbonyl (C=O) groups is 1. The highest BCUT2D eigenvalue weighted by atomic mass is 16.5. The summed E-state index contributed by atoms with van der Waals surface area (Å²) in [5.41, 5.74) is -0.300. The van der Waals surface area contributed by atoms with E-state index in [1.54, 1.807) is 24.3 Å². The number of aliphatic hydroxyl groups is 1. The number of rotatable bonds is 5. The van der Waals surface area contributed by atoms with Gasteiger partial charge >= 0.3 is 0 Å². The number of hydrogen-bond donors (Lipinski definition) is 1. The number of fused-ring (bicyclic) bond motifs is 5. The van der Waals surface area contributed by atoms with Crippen LogP contribution in [0.4, 0.5) is 0 Å². The number of aromatic nitrogens is 3. The van der Waals surface area contributed by atoms with E-state index >= 15 is 0 Å². The maximum atomic E-state index is 13.2. The molecule has 6 nitrogen and oxygen atoms in total. The summed E-state index contributed by atoms with van der Waals surface area (Å²) in [6, 6.07) is 0. The molecule has 0 aliphatic heterocycles. The summed E-state index contributed by atoms with van der Waals surface area (Å²) >= 11 is 0. The second-order valence-corrected chi connectivity index (χ2v) is 11.8. The van der Waals surface area contributed by atoms with Crippen LogP contribution in [0.15, 0.2) is 12.4 Å². The Labute approximate surface area is 186 Å². The highest BCUT2D eigenvalue weighted by molar-refractivity contribution is 5.81. The van der Waals surface area contributed by atoms with E-state index in [-0.39, 0.29) is 16.7 Å². The lowest BCUT2D eigenvalue weighted by atomic mass is 9.45. The zero-order valence-electron chi connectivity index (χ0n) is 19.4. The molecule has 4 saturated carbocycles. The van der Waals surface area contributed by atoms with Gasteiger partial charge in [0.15, 0.2) is 5.78 Å². The van der Waals surface area contributed by atoms with Gasteiger partial charge in [0.25, 0.3) is 0 Å². The summed E-state index contributed by atoms with van der Waals surface area (Å²) in [5.74, 6) is 3.33. The molecule has 1 aromatic heterocycles. The molecule has 31 heavy (non-hydrogen) atoms. The number of ketones is 1. The Hall–Kier alpha value is -1.27. The summed E-state index contributed by atoms with van der Waals surface area (Å²) in [5, 5.41) is 19.4.